The highest BCUT2D eigenvalue weighted by Gasteiger charge is 2.14. The quantitative estimate of drug-likeness (QED) is 0.550. The second kappa shape index (κ2) is 7.75. The van der Waals surface area contributed by atoms with E-state index >= 15 is 0 Å². The van der Waals surface area contributed by atoms with Crippen LogP contribution in [0.1, 0.15) is 38.7 Å². The largest absolute Gasteiger partial charge is 0.479 e. The highest BCUT2D eigenvalue weighted by atomic mass is 16.6. The molecule has 0 aromatic heterocycles. The molecule has 0 saturated heterocycles. The average molecular weight is 250 g/mol. The standard InChI is InChI=1S/C15H22O3/c1-4-5-6-7-13-8-10-14(11-9-13)18-12(2)15(16)17-3/h8-12H,4-7H2,1-3H3. The maximum absolute atomic E-state index is 11.2. The Labute approximate surface area is 109 Å². The lowest BCUT2D eigenvalue weighted by Gasteiger charge is -2.12. The summed E-state index contributed by atoms with van der Waals surface area (Å²) in [6.07, 6.45) is 4.24. The predicted octanol–water partition coefficient (Wildman–Crippen LogP) is 3.36. The van der Waals surface area contributed by atoms with Crippen LogP contribution in [0.25, 0.3) is 0 Å². The number of rotatable bonds is 7. The fraction of sp³-hybridized carbons (Fsp3) is 0.533. The van der Waals surface area contributed by atoms with Crippen molar-refractivity contribution in [1.29, 1.82) is 0 Å². The first-order valence-electron chi connectivity index (χ1n) is 6.50. The van der Waals surface area contributed by atoms with E-state index in [9.17, 15) is 4.79 Å². The maximum Gasteiger partial charge on any atom is 0.346 e. The second-order valence-electron chi connectivity index (χ2n) is 4.38. The van der Waals surface area contributed by atoms with Crippen LogP contribution in [-0.4, -0.2) is 19.2 Å². The highest BCUT2D eigenvalue weighted by Crippen LogP contribution is 2.16. The summed E-state index contributed by atoms with van der Waals surface area (Å²) < 4.78 is 10.1. The van der Waals surface area contributed by atoms with Gasteiger partial charge < -0.3 is 9.47 Å². The van der Waals surface area contributed by atoms with Crippen LogP contribution in [-0.2, 0) is 16.0 Å². The van der Waals surface area contributed by atoms with E-state index in [1.165, 1.54) is 31.9 Å². The summed E-state index contributed by atoms with van der Waals surface area (Å²) in [5.74, 6) is 0.342. The fourth-order valence-electron chi connectivity index (χ4n) is 1.73. The fourth-order valence-corrected chi connectivity index (χ4v) is 1.73. The smallest absolute Gasteiger partial charge is 0.346 e. The van der Waals surface area contributed by atoms with E-state index in [0.29, 0.717) is 5.75 Å². The van der Waals surface area contributed by atoms with Gasteiger partial charge in [-0.1, -0.05) is 31.9 Å². The topological polar surface area (TPSA) is 35.5 Å². The van der Waals surface area contributed by atoms with E-state index in [4.69, 9.17) is 4.74 Å². The van der Waals surface area contributed by atoms with Gasteiger partial charge in [0.2, 0.25) is 0 Å². The Bertz CT molecular complexity index is 357. The zero-order valence-electron chi connectivity index (χ0n) is 11.4. The number of carbonyl (C=O) groups excluding carboxylic acids is 1. The van der Waals surface area contributed by atoms with E-state index in [1.54, 1.807) is 6.92 Å². The third-order valence-electron chi connectivity index (χ3n) is 2.84. The molecule has 0 saturated carbocycles. The number of esters is 1. The predicted molar refractivity (Wildman–Crippen MR) is 71.8 cm³/mol. The zero-order valence-corrected chi connectivity index (χ0v) is 11.4. The first-order valence-corrected chi connectivity index (χ1v) is 6.50. The average Bonchev–Trinajstić information content (AvgIpc) is 2.40. The minimum absolute atomic E-state index is 0.359. The van der Waals surface area contributed by atoms with Gasteiger partial charge in [0.15, 0.2) is 6.10 Å². The van der Waals surface area contributed by atoms with Gasteiger partial charge in [-0.2, -0.15) is 0 Å². The first kappa shape index (κ1) is 14.6. The summed E-state index contributed by atoms with van der Waals surface area (Å²) >= 11 is 0. The molecule has 3 nitrogen and oxygen atoms in total. The van der Waals surface area contributed by atoms with E-state index < -0.39 is 6.10 Å². The lowest BCUT2D eigenvalue weighted by molar-refractivity contribution is -0.147. The lowest BCUT2D eigenvalue weighted by atomic mass is 10.1. The van der Waals surface area contributed by atoms with Crippen LogP contribution in [0, 0.1) is 0 Å². The summed E-state index contributed by atoms with van der Waals surface area (Å²) in [5, 5.41) is 0. The van der Waals surface area contributed by atoms with E-state index in [1.807, 2.05) is 12.1 Å². The third kappa shape index (κ3) is 4.78. The number of aryl methyl sites for hydroxylation is 1. The molecule has 1 aromatic rings. The van der Waals surface area contributed by atoms with Crippen molar-refractivity contribution in [2.45, 2.75) is 45.6 Å². The van der Waals surface area contributed by atoms with Crippen LogP contribution in [0.2, 0.25) is 0 Å². The maximum atomic E-state index is 11.2. The van der Waals surface area contributed by atoms with Crippen LogP contribution >= 0.6 is 0 Å². The molecule has 0 amide bonds. The van der Waals surface area contributed by atoms with E-state index in [0.717, 1.165) is 6.42 Å². The van der Waals surface area contributed by atoms with Crippen molar-refractivity contribution in [1.82, 2.24) is 0 Å². The van der Waals surface area contributed by atoms with Crippen LogP contribution in [0.15, 0.2) is 24.3 Å². The molecule has 0 radical (unpaired) electrons. The Hall–Kier alpha value is -1.51. The van der Waals surface area contributed by atoms with Gasteiger partial charge in [-0.3, -0.25) is 0 Å². The van der Waals surface area contributed by atoms with Gasteiger partial charge in [-0.15, -0.1) is 0 Å². The molecule has 0 aliphatic carbocycles. The lowest BCUT2D eigenvalue weighted by Crippen LogP contribution is -2.24. The Morgan fingerprint density at radius 1 is 1.22 bits per heavy atom. The Morgan fingerprint density at radius 3 is 2.44 bits per heavy atom. The molecular formula is C15H22O3. The van der Waals surface area contributed by atoms with Gasteiger partial charge in [0.25, 0.3) is 0 Å². The van der Waals surface area contributed by atoms with Gasteiger partial charge in [0.1, 0.15) is 5.75 Å². The van der Waals surface area contributed by atoms with E-state index in [-0.39, 0.29) is 5.97 Å². The van der Waals surface area contributed by atoms with Crippen LogP contribution in [0.5, 0.6) is 5.75 Å². The molecule has 0 bridgehead atoms. The molecule has 0 N–H and O–H groups in total. The molecule has 3 heteroatoms. The molecule has 18 heavy (non-hydrogen) atoms. The third-order valence-corrected chi connectivity index (χ3v) is 2.84. The second-order valence-corrected chi connectivity index (χ2v) is 4.38. The van der Waals surface area contributed by atoms with E-state index in [2.05, 4.69) is 23.8 Å². The van der Waals surface area contributed by atoms with Gasteiger partial charge in [0.05, 0.1) is 7.11 Å². The number of benzene rings is 1. The summed E-state index contributed by atoms with van der Waals surface area (Å²) in [5.41, 5.74) is 1.31. The summed E-state index contributed by atoms with van der Waals surface area (Å²) in [6.45, 7) is 3.88. The number of carbonyl (C=O) groups is 1. The van der Waals surface area contributed by atoms with Crippen molar-refractivity contribution >= 4 is 5.97 Å². The molecule has 0 aliphatic heterocycles. The molecule has 0 fully saturated rings. The molecule has 1 rings (SSSR count). The molecular weight excluding hydrogens is 228 g/mol. The monoisotopic (exact) mass is 250 g/mol. The van der Waals surface area contributed by atoms with Gasteiger partial charge in [-0.25, -0.2) is 4.79 Å². The SMILES string of the molecule is CCCCCc1ccc(OC(C)C(=O)OC)cc1. The molecule has 0 spiro atoms. The molecule has 1 atom stereocenters. The van der Waals surface area contributed by atoms with Crippen LogP contribution < -0.4 is 4.74 Å². The summed E-state index contributed by atoms with van der Waals surface area (Å²) in [6, 6.07) is 7.91. The Morgan fingerprint density at radius 2 is 1.89 bits per heavy atom. The number of hydrogen-bond acceptors (Lipinski definition) is 3. The van der Waals surface area contributed by atoms with Crippen molar-refractivity contribution in [3.63, 3.8) is 0 Å². The van der Waals surface area contributed by atoms with Crippen molar-refractivity contribution in [3.05, 3.63) is 29.8 Å². The summed E-state index contributed by atoms with van der Waals surface area (Å²) in [7, 11) is 1.36. The first-order chi connectivity index (χ1) is 8.67. The molecule has 100 valence electrons. The van der Waals surface area contributed by atoms with Crippen molar-refractivity contribution < 1.29 is 14.3 Å². The highest BCUT2D eigenvalue weighted by molar-refractivity contribution is 5.74. The van der Waals surface area contributed by atoms with Gasteiger partial charge in [-0.05, 0) is 37.5 Å². The number of ether oxygens (including phenoxy) is 2. The zero-order chi connectivity index (χ0) is 13.4. The van der Waals surface area contributed by atoms with Crippen LogP contribution in [0.4, 0.5) is 0 Å². The normalized spacial score (nSPS) is 11.9. The molecule has 0 aliphatic rings. The number of hydrogen-bond donors (Lipinski definition) is 0. The number of unbranched alkanes of at least 4 members (excludes halogenated alkanes) is 2. The van der Waals surface area contributed by atoms with Gasteiger partial charge >= 0.3 is 5.97 Å². The minimum Gasteiger partial charge on any atom is -0.479 e. The van der Waals surface area contributed by atoms with Crippen molar-refractivity contribution in [2.75, 3.05) is 7.11 Å². The molecule has 1 aromatic carbocycles. The Kier molecular flexibility index (Phi) is 6.26. The van der Waals surface area contributed by atoms with Gasteiger partial charge in [0, 0.05) is 0 Å². The molecule has 0 heterocycles. The van der Waals surface area contributed by atoms with Crippen molar-refractivity contribution in [3.8, 4) is 5.75 Å². The Balaban J connectivity index is 2.47. The summed E-state index contributed by atoms with van der Waals surface area (Å²) in [4.78, 5) is 11.2. The molecule has 1 unspecified atom stereocenters. The minimum atomic E-state index is -0.569. The van der Waals surface area contributed by atoms with Crippen LogP contribution in [0.3, 0.4) is 0 Å². The van der Waals surface area contributed by atoms with Crippen molar-refractivity contribution in [2.24, 2.45) is 0 Å². The number of methoxy groups -OCH3 is 1.